The van der Waals surface area contributed by atoms with E-state index in [0.29, 0.717) is 0 Å². The zero-order chi connectivity index (χ0) is 12.4. The van der Waals surface area contributed by atoms with Crippen LogP contribution in [0.1, 0.15) is 68.9 Å². The average molecular weight is 240 g/mol. The van der Waals surface area contributed by atoms with Crippen molar-refractivity contribution < 1.29 is 0 Å². The highest BCUT2D eigenvalue weighted by Crippen LogP contribution is 2.38. The van der Waals surface area contributed by atoms with Gasteiger partial charge < -0.3 is 0 Å². The molecule has 0 aliphatic heterocycles. The predicted octanol–water partition coefficient (Wildman–Crippen LogP) is 5.39. The largest absolute Gasteiger partial charge is 0.0707 e. The average Bonchev–Trinajstić information content (AvgIpc) is 2.84. The van der Waals surface area contributed by atoms with Crippen molar-refractivity contribution in [3.05, 3.63) is 46.5 Å². The van der Waals surface area contributed by atoms with Crippen LogP contribution in [0.3, 0.4) is 0 Å². The van der Waals surface area contributed by atoms with E-state index in [1.807, 2.05) is 0 Å². The third-order valence-electron chi connectivity index (χ3n) is 4.88. The van der Waals surface area contributed by atoms with Gasteiger partial charge in [-0.05, 0) is 68.4 Å². The minimum Gasteiger partial charge on any atom is -0.0707 e. The molecule has 1 atom stereocenters. The summed E-state index contributed by atoms with van der Waals surface area (Å²) in [6.07, 6.45) is 10.8. The molecule has 0 bridgehead atoms. The maximum Gasteiger partial charge on any atom is -0.00616 e. The topological polar surface area (TPSA) is 0 Å². The Labute approximate surface area is 111 Å². The van der Waals surface area contributed by atoms with Crippen molar-refractivity contribution >= 4 is 0 Å². The maximum atomic E-state index is 2.38. The summed E-state index contributed by atoms with van der Waals surface area (Å²) >= 11 is 0. The van der Waals surface area contributed by atoms with Crippen LogP contribution in [0.25, 0.3) is 0 Å². The normalized spacial score (nSPS) is 23.9. The van der Waals surface area contributed by atoms with E-state index < -0.39 is 0 Å². The van der Waals surface area contributed by atoms with Crippen LogP contribution >= 0.6 is 0 Å². The predicted molar refractivity (Wildman–Crippen MR) is 77.9 cm³/mol. The fourth-order valence-corrected chi connectivity index (χ4v) is 3.85. The van der Waals surface area contributed by atoms with Crippen molar-refractivity contribution in [2.45, 2.75) is 64.2 Å². The molecule has 3 rings (SSSR count). The molecule has 0 saturated heterocycles. The third-order valence-corrected chi connectivity index (χ3v) is 4.88. The second-order valence-corrected chi connectivity index (χ2v) is 5.93. The summed E-state index contributed by atoms with van der Waals surface area (Å²) in [5.74, 6) is 0.793. The van der Waals surface area contributed by atoms with Gasteiger partial charge in [0.2, 0.25) is 0 Å². The van der Waals surface area contributed by atoms with Crippen LogP contribution < -0.4 is 0 Å². The summed E-state index contributed by atoms with van der Waals surface area (Å²) in [6.45, 7) is 2.35. The van der Waals surface area contributed by atoms with Gasteiger partial charge in [0.05, 0.1) is 0 Å². The molecular weight excluding hydrogens is 216 g/mol. The first kappa shape index (κ1) is 12.0. The molecule has 0 heterocycles. The standard InChI is InChI=1S/C18H24/c1-2-14-8-5-9-15-10-6-11-16(15)13-17-7-3-4-12-18(14)17/h3-4,7,12,14H,2,5-6,8-11,13H2,1H3. The summed E-state index contributed by atoms with van der Waals surface area (Å²) in [7, 11) is 0. The van der Waals surface area contributed by atoms with Gasteiger partial charge in [-0.1, -0.05) is 42.3 Å². The van der Waals surface area contributed by atoms with E-state index in [-0.39, 0.29) is 0 Å². The number of benzene rings is 1. The van der Waals surface area contributed by atoms with Crippen molar-refractivity contribution in [1.29, 1.82) is 0 Å². The quantitative estimate of drug-likeness (QED) is 0.577. The molecule has 18 heavy (non-hydrogen) atoms. The summed E-state index contributed by atoms with van der Waals surface area (Å²) in [5.41, 5.74) is 6.84. The highest BCUT2D eigenvalue weighted by Gasteiger charge is 2.20. The van der Waals surface area contributed by atoms with Crippen molar-refractivity contribution in [3.63, 3.8) is 0 Å². The van der Waals surface area contributed by atoms with E-state index in [2.05, 4.69) is 31.2 Å². The van der Waals surface area contributed by atoms with Gasteiger partial charge >= 0.3 is 0 Å². The second kappa shape index (κ2) is 5.30. The molecule has 1 aromatic rings. The Hall–Kier alpha value is -1.04. The zero-order valence-electron chi connectivity index (χ0n) is 11.5. The molecular formula is C18H24. The van der Waals surface area contributed by atoms with Gasteiger partial charge in [0.25, 0.3) is 0 Å². The van der Waals surface area contributed by atoms with Gasteiger partial charge in [-0.15, -0.1) is 0 Å². The molecule has 96 valence electrons. The third kappa shape index (κ3) is 2.25. The van der Waals surface area contributed by atoms with Crippen molar-refractivity contribution in [3.8, 4) is 0 Å². The lowest BCUT2D eigenvalue weighted by molar-refractivity contribution is 0.571. The number of hydrogen-bond acceptors (Lipinski definition) is 0. The fraction of sp³-hybridized carbons (Fsp3) is 0.556. The summed E-state index contributed by atoms with van der Waals surface area (Å²) in [4.78, 5) is 0. The van der Waals surface area contributed by atoms with Crippen LogP contribution in [0.5, 0.6) is 0 Å². The van der Waals surface area contributed by atoms with Crippen molar-refractivity contribution in [1.82, 2.24) is 0 Å². The van der Waals surface area contributed by atoms with Crippen LogP contribution in [-0.2, 0) is 6.42 Å². The lowest BCUT2D eigenvalue weighted by Gasteiger charge is -2.18. The molecule has 0 nitrogen and oxygen atoms in total. The molecule has 1 unspecified atom stereocenters. The molecule has 0 N–H and O–H groups in total. The number of fused-ring (bicyclic) bond motifs is 1. The first-order chi connectivity index (χ1) is 8.88. The van der Waals surface area contributed by atoms with Crippen LogP contribution in [-0.4, -0.2) is 0 Å². The van der Waals surface area contributed by atoms with Gasteiger partial charge in [0.1, 0.15) is 0 Å². The maximum absolute atomic E-state index is 2.38. The Morgan fingerprint density at radius 3 is 2.67 bits per heavy atom. The van der Waals surface area contributed by atoms with E-state index in [0.717, 1.165) is 5.92 Å². The van der Waals surface area contributed by atoms with E-state index in [1.54, 1.807) is 22.3 Å². The fourth-order valence-electron chi connectivity index (χ4n) is 3.85. The Bertz CT molecular complexity index is 453. The Morgan fingerprint density at radius 1 is 1.00 bits per heavy atom. The SMILES string of the molecule is CCC1CCCC2=C(CCC2)Cc2ccccc21. The van der Waals surface area contributed by atoms with Gasteiger partial charge in [0, 0.05) is 0 Å². The first-order valence-electron chi connectivity index (χ1n) is 7.66. The van der Waals surface area contributed by atoms with Gasteiger partial charge in [0.15, 0.2) is 0 Å². The lowest BCUT2D eigenvalue weighted by atomic mass is 9.87. The number of hydrogen-bond donors (Lipinski definition) is 0. The van der Waals surface area contributed by atoms with Crippen molar-refractivity contribution in [2.24, 2.45) is 0 Å². The minimum atomic E-state index is 0.793. The molecule has 1 aromatic carbocycles. The Kier molecular flexibility index (Phi) is 3.54. The van der Waals surface area contributed by atoms with E-state index in [1.165, 1.54) is 51.4 Å². The number of rotatable bonds is 1. The monoisotopic (exact) mass is 240 g/mol. The molecule has 2 aliphatic rings. The lowest BCUT2D eigenvalue weighted by Crippen LogP contribution is -2.02. The highest BCUT2D eigenvalue weighted by atomic mass is 14.3. The molecule has 2 aliphatic carbocycles. The summed E-state index contributed by atoms with van der Waals surface area (Å²) in [6, 6.07) is 9.19. The molecule has 0 radical (unpaired) electrons. The van der Waals surface area contributed by atoms with Gasteiger partial charge in [-0.3, -0.25) is 0 Å². The second-order valence-electron chi connectivity index (χ2n) is 5.93. The highest BCUT2D eigenvalue weighted by molar-refractivity contribution is 5.36. The van der Waals surface area contributed by atoms with Gasteiger partial charge in [-0.2, -0.15) is 0 Å². The molecule has 0 spiro atoms. The van der Waals surface area contributed by atoms with E-state index >= 15 is 0 Å². The first-order valence-corrected chi connectivity index (χ1v) is 7.66. The van der Waals surface area contributed by atoms with Gasteiger partial charge in [-0.25, -0.2) is 0 Å². The van der Waals surface area contributed by atoms with E-state index in [4.69, 9.17) is 0 Å². The molecule has 0 heteroatoms. The summed E-state index contributed by atoms with van der Waals surface area (Å²) in [5, 5.41) is 0. The zero-order valence-corrected chi connectivity index (χ0v) is 11.5. The Balaban J connectivity index is 1.98. The Morgan fingerprint density at radius 2 is 1.78 bits per heavy atom. The van der Waals surface area contributed by atoms with Crippen molar-refractivity contribution in [2.75, 3.05) is 0 Å². The molecule has 0 fully saturated rings. The number of allylic oxidation sites excluding steroid dienone is 2. The van der Waals surface area contributed by atoms with Crippen LogP contribution in [0.4, 0.5) is 0 Å². The van der Waals surface area contributed by atoms with Crippen LogP contribution in [0.15, 0.2) is 35.4 Å². The molecule has 0 saturated carbocycles. The van der Waals surface area contributed by atoms with E-state index in [9.17, 15) is 0 Å². The minimum absolute atomic E-state index is 0.793. The molecule has 0 amide bonds. The van der Waals surface area contributed by atoms with Crippen LogP contribution in [0.2, 0.25) is 0 Å². The summed E-state index contributed by atoms with van der Waals surface area (Å²) < 4.78 is 0. The molecule has 0 aromatic heterocycles. The smallest absolute Gasteiger partial charge is 0.00616 e. The van der Waals surface area contributed by atoms with Crippen LogP contribution in [0, 0.1) is 0 Å².